The zero-order valence-corrected chi connectivity index (χ0v) is 16.4. The zero-order valence-electron chi connectivity index (χ0n) is 16.4. The Morgan fingerprint density at radius 1 is 1.24 bits per heavy atom. The van der Waals surface area contributed by atoms with E-state index in [1.165, 1.54) is 0 Å². The van der Waals surface area contributed by atoms with Crippen LogP contribution < -0.4 is 11.1 Å². The Kier molecular flexibility index (Phi) is 6.66. The second-order valence-corrected chi connectivity index (χ2v) is 7.17. The Morgan fingerprint density at radius 3 is 2.59 bits per heavy atom. The van der Waals surface area contributed by atoms with Gasteiger partial charge < -0.3 is 25.9 Å². The maximum absolute atomic E-state index is 12.9. The Morgan fingerprint density at radius 2 is 1.93 bits per heavy atom. The molecule has 1 aliphatic heterocycles. The van der Waals surface area contributed by atoms with E-state index in [-0.39, 0.29) is 23.7 Å². The summed E-state index contributed by atoms with van der Waals surface area (Å²) in [6, 6.07) is 7.24. The summed E-state index contributed by atoms with van der Waals surface area (Å²) in [6.45, 7) is 3.63. The lowest BCUT2D eigenvalue weighted by Crippen LogP contribution is -2.53. The molecule has 1 heterocycles. The minimum atomic E-state index is -0.228. The first kappa shape index (κ1) is 20.6. The molecule has 0 radical (unpaired) electrons. The summed E-state index contributed by atoms with van der Waals surface area (Å²) < 4.78 is 5.53. The number of aryl methyl sites for hydroxylation is 1. The van der Waals surface area contributed by atoms with Crippen molar-refractivity contribution in [2.45, 2.75) is 25.8 Å². The first-order valence-electron chi connectivity index (χ1n) is 9.61. The van der Waals surface area contributed by atoms with Crippen molar-refractivity contribution in [3.05, 3.63) is 58.7 Å². The molecule has 1 aromatic carbocycles. The Hall–Kier alpha value is -3.13. The largest absolute Gasteiger partial charge is 0.409 e. The number of hydrogen-bond acceptors (Lipinski definition) is 5. The number of nitrogens with one attached hydrogen (secondary N) is 1. The highest BCUT2D eigenvalue weighted by Crippen LogP contribution is 2.19. The van der Waals surface area contributed by atoms with Crippen LogP contribution in [0.25, 0.3) is 0 Å². The van der Waals surface area contributed by atoms with Gasteiger partial charge in [-0.05, 0) is 37.5 Å². The number of oxime groups is 1. The number of benzene rings is 1. The van der Waals surface area contributed by atoms with E-state index in [9.17, 15) is 9.59 Å². The third-order valence-electron chi connectivity index (χ3n) is 5.16. The molecule has 4 N–H and O–H groups in total. The SMILES string of the molecule is Cc1ccc(C(=O)N2CCOCC2CNC(=O)C2=CC=C(/C(N)=N/O)CC2)cc1. The van der Waals surface area contributed by atoms with Crippen LogP contribution in [0.2, 0.25) is 0 Å². The van der Waals surface area contributed by atoms with E-state index in [2.05, 4.69) is 10.5 Å². The number of carbonyl (C=O) groups is 2. The lowest BCUT2D eigenvalue weighted by atomic mass is 9.97. The number of allylic oxidation sites excluding steroid dienone is 2. The highest BCUT2D eigenvalue weighted by Gasteiger charge is 2.28. The van der Waals surface area contributed by atoms with Gasteiger partial charge in [-0.2, -0.15) is 0 Å². The lowest BCUT2D eigenvalue weighted by Gasteiger charge is -2.36. The number of ether oxygens (including phenoxy) is 1. The summed E-state index contributed by atoms with van der Waals surface area (Å²) in [6.07, 6.45) is 4.39. The summed E-state index contributed by atoms with van der Waals surface area (Å²) in [7, 11) is 0. The molecule has 1 aromatic rings. The molecule has 8 nitrogen and oxygen atoms in total. The lowest BCUT2D eigenvalue weighted by molar-refractivity contribution is -0.118. The number of rotatable bonds is 5. The summed E-state index contributed by atoms with van der Waals surface area (Å²) >= 11 is 0. The van der Waals surface area contributed by atoms with Crippen molar-refractivity contribution >= 4 is 17.6 Å². The average molecular weight is 398 g/mol. The van der Waals surface area contributed by atoms with E-state index >= 15 is 0 Å². The van der Waals surface area contributed by atoms with Gasteiger partial charge in [0.2, 0.25) is 5.91 Å². The van der Waals surface area contributed by atoms with Crippen molar-refractivity contribution in [1.29, 1.82) is 0 Å². The monoisotopic (exact) mass is 398 g/mol. The predicted octanol–water partition coefficient (Wildman–Crippen LogP) is 1.35. The quantitative estimate of drug-likeness (QED) is 0.299. The normalized spacial score (nSPS) is 20.0. The Balaban J connectivity index is 1.61. The fourth-order valence-electron chi connectivity index (χ4n) is 3.38. The second kappa shape index (κ2) is 9.38. The van der Waals surface area contributed by atoms with Gasteiger partial charge in [-0.25, -0.2) is 0 Å². The molecule has 2 amide bonds. The molecule has 0 spiro atoms. The van der Waals surface area contributed by atoms with Crippen LogP contribution in [0.4, 0.5) is 0 Å². The van der Waals surface area contributed by atoms with Gasteiger partial charge in [0.25, 0.3) is 5.91 Å². The number of nitrogens with two attached hydrogens (primary N) is 1. The van der Waals surface area contributed by atoms with Crippen LogP contribution in [0.5, 0.6) is 0 Å². The number of nitrogens with zero attached hydrogens (tertiary/aromatic N) is 2. The molecule has 1 atom stereocenters. The van der Waals surface area contributed by atoms with Gasteiger partial charge in [-0.15, -0.1) is 0 Å². The minimum absolute atomic E-state index is 0.0595. The van der Waals surface area contributed by atoms with Gasteiger partial charge >= 0.3 is 0 Å². The Labute approximate surface area is 169 Å². The fourth-order valence-corrected chi connectivity index (χ4v) is 3.38. The van der Waals surface area contributed by atoms with E-state index in [0.717, 1.165) is 5.56 Å². The number of carbonyl (C=O) groups excluding carboxylic acids is 2. The molecule has 154 valence electrons. The third-order valence-corrected chi connectivity index (χ3v) is 5.16. The molecule has 1 saturated heterocycles. The molecule has 0 aromatic heterocycles. The number of morpholine rings is 1. The molecule has 8 heteroatoms. The fraction of sp³-hybridized carbons (Fsp3) is 0.381. The zero-order chi connectivity index (χ0) is 20.8. The highest BCUT2D eigenvalue weighted by molar-refractivity contribution is 5.99. The maximum Gasteiger partial charge on any atom is 0.254 e. The second-order valence-electron chi connectivity index (χ2n) is 7.17. The summed E-state index contributed by atoms with van der Waals surface area (Å²) in [5, 5.41) is 14.6. The molecule has 0 bridgehead atoms. The molecule has 1 aliphatic carbocycles. The van der Waals surface area contributed by atoms with Gasteiger partial charge in [-0.1, -0.05) is 35.0 Å². The van der Waals surface area contributed by atoms with Crippen molar-refractivity contribution in [3.8, 4) is 0 Å². The van der Waals surface area contributed by atoms with Gasteiger partial charge in [0.05, 0.1) is 19.3 Å². The van der Waals surface area contributed by atoms with Crippen LogP contribution in [0.3, 0.4) is 0 Å². The van der Waals surface area contributed by atoms with Crippen LogP contribution >= 0.6 is 0 Å². The number of amidine groups is 1. The molecule has 29 heavy (non-hydrogen) atoms. The molecular formula is C21H26N4O4. The molecule has 1 unspecified atom stereocenters. The van der Waals surface area contributed by atoms with Crippen LogP contribution in [-0.2, 0) is 9.53 Å². The smallest absolute Gasteiger partial charge is 0.254 e. The average Bonchev–Trinajstić information content (AvgIpc) is 2.77. The van der Waals surface area contributed by atoms with Crippen LogP contribution in [0.15, 0.2) is 52.7 Å². The third kappa shape index (κ3) is 5.03. The van der Waals surface area contributed by atoms with E-state index in [4.69, 9.17) is 15.7 Å². The molecule has 2 aliphatic rings. The van der Waals surface area contributed by atoms with Gasteiger partial charge in [0.1, 0.15) is 0 Å². The molecule has 3 rings (SSSR count). The number of amides is 2. The maximum atomic E-state index is 12.9. The highest BCUT2D eigenvalue weighted by atomic mass is 16.5. The minimum Gasteiger partial charge on any atom is -0.409 e. The van der Waals surface area contributed by atoms with Crippen molar-refractivity contribution in [1.82, 2.24) is 10.2 Å². The van der Waals surface area contributed by atoms with E-state index < -0.39 is 0 Å². The predicted molar refractivity (Wildman–Crippen MR) is 109 cm³/mol. The first-order valence-corrected chi connectivity index (χ1v) is 9.61. The molecular weight excluding hydrogens is 372 g/mol. The molecule has 1 fully saturated rings. The van der Waals surface area contributed by atoms with Crippen LogP contribution in [0, 0.1) is 6.92 Å². The van der Waals surface area contributed by atoms with E-state index in [1.807, 2.05) is 31.2 Å². The standard InChI is InChI=1S/C21H26N4O4/c1-14-2-4-17(5-3-14)21(27)25-10-11-29-13-18(25)12-23-20(26)16-8-6-15(7-9-16)19(22)24-28/h2-6,8,18,28H,7,9-13H2,1H3,(H2,22,24)(H,23,26). The van der Waals surface area contributed by atoms with Gasteiger partial charge in [-0.3, -0.25) is 9.59 Å². The van der Waals surface area contributed by atoms with Crippen molar-refractivity contribution in [2.24, 2.45) is 10.9 Å². The van der Waals surface area contributed by atoms with Crippen molar-refractivity contribution in [3.63, 3.8) is 0 Å². The van der Waals surface area contributed by atoms with Crippen LogP contribution in [-0.4, -0.2) is 60.1 Å². The van der Waals surface area contributed by atoms with Gasteiger partial charge in [0.15, 0.2) is 5.84 Å². The Bertz CT molecular complexity index is 858. The summed E-state index contributed by atoms with van der Waals surface area (Å²) in [5.41, 5.74) is 8.61. The summed E-state index contributed by atoms with van der Waals surface area (Å²) in [4.78, 5) is 27.2. The van der Waals surface area contributed by atoms with Crippen molar-refractivity contribution < 1.29 is 19.5 Å². The molecule has 0 saturated carbocycles. The van der Waals surface area contributed by atoms with E-state index in [1.54, 1.807) is 17.1 Å². The van der Waals surface area contributed by atoms with E-state index in [0.29, 0.717) is 55.9 Å². The first-order chi connectivity index (χ1) is 14.0. The van der Waals surface area contributed by atoms with Crippen molar-refractivity contribution in [2.75, 3.05) is 26.3 Å². The van der Waals surface area contributed by atoms with Gasteiger partial charge in [0, 0.05) is 24.2 Å². The summed E-state index contributed by atoms with van der Waals surface area (Å²) in [5.74, 6) is -0.186. The topological polar surface area (TPSA) is 117 Å². The van der Waals surface area contributed by atoms with Crippen LogP contribution in [0.1, 0.15) is 28.8 Å². The number of hydrogen-bond donors (Lipinski definition) is 3.